The van der Waals surface area contributed by atoms with Crippen molar-refractivity contribution in [1.29, 1.82) is 0 Å². The molecule has 0 saturated heterocycles. The Morgan fingerprint density at radius 1 is 0.684 bits per heavy atom. The molecule has 0 amide bonds. The van der Waals surface area contributed by atoms with Gasteiger partial charge in [0, 0.05) is 23.3 Å². The molecule has 0 saturated carbocycles. The van der Waals surface area contributed by atoms with Crippen LogP contribution in [0.15, 0.2) is 48.5 Å². The molecule has 0 atom stereocenters. The number of hydrogen-bond acceptors (Lipinski definition) is 0. The van der Waals surface area contributed by atoms with Crippen LogP contribution in [0.5, 0.6) is 0 Å². The second kappa shape index (κ2) is 6.38. The van der Waals surface area contributed by atoms with Crippen LogP contribution in [0.25, 0.3) is 9.69 Å². The first-order chi connectivity index (χ1) is 9.35. The summed E-state index contributed by atoms with van der Waals surface area (Å²) in [5, 5.41) is 0. The van der Waals surface area contributed by atoms with Crippen LogP contribution >= 0.6 is 0 Å². The summed E-state index contributed by atoms with van der Waals surface area (Å²) < 4.78 is 0. The molecule has 0 fully saturated rings. The van der Waals surface area contributed by atoms with Gasteiger partial charge in [0.1, 0.15) is 0 Å². The second-order valence-corrected chi connectivity index (χ2v) is 4.37. The largest absolute Gasteiger partial charge is 0.343 e. The normalized spacial score (nSPS) is 9.58. The summed E-state index contributed by atoms with van der Waals surface area (Å²) >= 11 is 0. The minimum Gasteiger partial charge on any atom is -0.0614 e. The molecule has 2 heteroatoms. The second-order valence-electron chi connectivity index (χ2n) is 4.37. The number of aryl methyl sites for hydroxylation is 2. The Kier molecular flexibility index (Phi) is 4.32. The molecule has 0 heterocycles. The Balaban J connectivity index is 2.01. The van der Waals surface area contributed by atoms with Crippen molar-refractivity contribution >= 4 is 11.4 Å². The van der Waals surface area contributed by atoms with Crippen molar-refractivity contribution in [2.45, 2.75) is 19.3 Å². The highest BCUT2D eigenvalue weighted by atomic mass is 14.6. The molecule has 2 nitrogen and oxygen atoms in total. The highest BCUT2D eigenvalue weighted by molar-refractivity contribution is 5.54. The lowest BCUT2D eigenvalue weighted by molar-refractivity contribution is 0.825. The van der Waals surface area contributed by atoms with Crippen molar-refractivity contribution < 1.29 is 0 Å². The Morgan fingerprint density at radius 2 is 1.11 bits per heavy atom. The van der Waals surface area contributed by atoms with E-state index in [1.807, 2.05) is 36.4 Å². The molecule has 0 aliphatic heterocycles. The van der Waals surface area contributed by atoms with Crippen molar-refractivity contribution in [3.63, 3.8) is 0 Å². The van der Waals surface area contributed by atoms with Crippen molar-refractivity contribution in [3.05, 3.63) is 69.3 Å². The number of para-hydroxylation sites is 2. The van der Waals surface area contributed by atoms with Gasteiger partial charge in [0.15, 0.2) is 0 Å². The lowest BCUT2D eigenvalue weighted by Gasteiger charge is -2.00. The highest BCUT2D eigenvalue weighted by Gasteiger charge is 2.11. The van der Waals surface area contributed by atoms with Crippen LogP contribution in [0.3, 0.4) is 0 Å². The van der Waals surface area contributed by atoms with E-state index in [1.165, 1.54) is 11.1 Å². The molecule has 0 aromatic heterocycles. The minimum atomic E-state index is 0.860. The van der Waals surface area contributed by atoms with E-state index in [2.05, 4.69) is 21.8 Å². The molecule has 0 aliphatic carbocycles. The van der Waals surface area contributed by atoms with Crippen LogP contribution in [0, 0.1) is 13.1 Å². The maximum absolute atomic E-state index is 5.37. The highest BCUT2D eigenvalue weighted by Crippen LogP contribution is 2.23. The first-order valence-electron chi connectivity index (χ1n) is 6.33. The number of hydrogen-bond donors (Lipinski definition) is 0. The molecule has 0 bridgehead atoms. The summed E-state index contributed by atoms with van der Waals surface area (Å²) in [6.07, 6.45) is 2.89. The van der Waals surface area contributed by atoms with Gasteiger partial charge < -0.3 is 0 Å². The molecular formula is C17H16N2+2. The third kappa shape index (κ3) is 3.21. The van der Waals surface area contributed by atoms with Crippen LogP contribution in [-0.2, 0) is 12.8 Å². The van der Waals surface area contributed by atoms with E-state index >= 15 is 0 Å². The van der Waals surface area contributed by atoms with E-state index in [0.29, 0.717) is 0 Å². The fourth-order valence-corrected chi connectivity index (χ4v) is 2.17. The summed E-state index contributed by atoms with van der Waals surface area (Å²) in [4.78, 5) is 7.58. The van der Waals surface area contributed by atoms with Crippen molar-refractivity contribution in [2.75, 3.05) is 0 Å². The van der Waals surface area contributed by atoms with Crippen molar-refractivity contribution in [3.8, 4) is 13.1 Å². The van der Waals surface area contributed by atoms with Gasteiger partial charge in [-0.25, -0.2) is 0 Å². The predicted molar refractivity (Wildman–Crippen MR) is 80.8 cm³/mol. The number of benzene rings is 2. The average Bonchev–Trinajstić information content (AvgIpc) is 2.48. The third-order valence-corrected chi connectivity index (χ3v) is 3.15. The molecular weight excluding hydrogens is 232 g/mol. The van der Waals surface area contributed by atoms with E-state index < -0.39 is 0 Å². The molecule has 0 spiro atoms. The molecule has 0 N–H and O–H groups in total. The summed E-state index contributed by atoms with van der Waals surface area (Å²) in [6.45, 7) is 10.7. The SMILES string of the molecule is C#[N+]c1ccccc1CCCc1ccccc1[N+]#C. The van der Waals surface area contributed by atoms with Gasteiger partial charge in [-0.15, -0.1) is 0 Å². The van der Waals surface area contributed by atoms with Gasteiger partial charge >= 0.3 is 11.4 Å². The van der Waals surface area contributed by atoms with E-state index in [0.717, 1.165) is 30.6 Å². The van der Waals surface area contributed by atoms with Crippen LogP contribution in [0.1, 0.15) is 17.5 Å². The number of rotatable bonds is 4. The lowest BCUT2D eigenvalue weighted by Crippen LogP contribution is -1.90. The molecule has 0 unspecified atom stereocenters. The summed E-state index contributed by atoms with van der Waals surface area (Å²) in [5.74, 6) is 0. The van der Waals surface area contributed by atoms with Gasteiger partial charge in [0.05, 0.1) is 0 Å². The Morgan fingerprint density at radius 3 is 1.53 bits per heavy atom. The van der Waals surface area contributed by atoms with E-state index in [-0.39, 0.29) is 0 Å². The van der Waals surface area contributed by atoms with Crippen molar-refractivity contribution in [2.24, 2.45) is 0 Å². The fraction of sp³-hybridized carbons (Fsp3) is 0.176. The average molecular weight is 248 g/mol. The van der Waals surface area contributed by atoms with Crippen LogP contribution in [-0.4, -0.2) is 0 Å². The minimum absolute atomic E-state index is 0.860. The van der Waals surface area contributed by atoms with Crippen molar-refractivity contribution in [1.82, 2.24) is 0 Å². The van der Waals surface area contributed by atoms with Gasteiger partial charge in [0.2, 0.25) is 0 Å². The predicted octanol–water partition coefficient (Wildman–Crippen LogP) is 5.05. The smallest absolute Gasteiger partial charge is 0.0614 e. The van der Waals surface area contributed by atoms with Gasteiger partial charge in [0.25, 0.3) is 13.1 Å². The molecule has 2 rings (SSSR count). The van der Waals surface area contributed by atoms with E-state index in [1.54, 1.807) is 0 Å². The summed E-state index contributed by atoms with van der Waals surface area (Å²) in [6, 6.07) is 15.9. The maximum Gasteiger partial charge on any atom is 0.343 e. The summed E-state index contributed by atoms with van der Waals surface area (Å²) in [7, 11) is 0. The lowest BCUT2D eigenvalue weighted by atomic mass is 10.0. The Bertz CT molecular complexity index is 587. The maximum atomic E-state index is 5.37. The number of nitrogens with zero attached hydrogens (tertiary/aromatic N) is 2. The molecule has 0 radical (unpaired) electrons. The molecule has 2 aromatic rings. The summed E-state index contributed by atoms with van der Waals surface area (Å²) in [5.41, 5.74) is 4.07. The zero-order valence-electron chi connectivity index (χ0n) is 10.8. The van der Waals surface area contributed by atoms with E-state index in [9.17, 15) is 0 Å². The standard InChI is InChI=1S/C17H16N2/c1-18-16-12-5-3-8-14(16)10-7-11-15-9-4-6-13-17(15)19-2/h1-6,8-9,12-13H,7,10-11H2/q+2. The van der Waals surface area contributed by atoms with E-state index in [4.69, 9.17) is 13.1 Å². The quantitative estimate of drug-likeness (QED) is 0.715. The first-order valence-corrected chi connectivity index (χ1v) is 6.33. The van der Waals surface area contributed by atoms with Crippen LogP contribution in [0.2, 0.25) is 0 Å². The monoisotopic (exact) mass is 248 g/mol. The topological polar surface area (TPSA) is 8.72 Å². The van der Waals surface area contributed by atoms with Crippen LogP contribution < -0.4 is 0 Å². The first kappa shape index (κ1) is 12.9. The van der Waals surface area contributed by atoms with Gasteiger partial charge in [-0.05, 0) is 29.0 Å². The molecule has 19 heavy (non-hydrogen) atoms. The zero-order chi connectivity index (χ0) is 13.5. The van der Waals surface area contributed by atoms with Crippen LogP contribution in [0.4, 0.5) is 11.4 Å². The molecule has 2 aromatic carbocycles. The Hall–Kier alpha value is -2.58. The molecule has 92 valence electrons. The fourth-order valence-electron chi connectivity index (χ4n) is 2.17. The van der Waals surface area contributed by atoms with Gasteiger partial charge in [-0.1, -0.05) is 36.4 Å². The zero-order valence-corrected chi connectivity index (χ0v) is 10.8. The Labute approximate surface area is 114 Å². The molecule has 0 aliphatic rings. The van der Waals surface area contributed by atoms with Gasteiger partial charge in [-0.2, -0.15) is 0 Å². The third-order valence-electron chi connectivity index (χ3n) is 3.15. The van der Waals surface area contributed by atoms with Gasteiger partial charge in [-0.3, -0.25) is 0 Å².